The highest BCUT2D eigenvalue weighted by atomic mass is 35.5. The quantitative estimate of drug-likeness (QED) is 0.940. The van der Waals surface area contributed by atoms with Gasteiger partial charge in [-0.25, -0.2) is 4.39 Å². The van der Waals surface area contributed by atoms with Crippen molar-refractivity contribution in [2.24, 2.45) is 0 Å². The lowest BCUT2D eigenvalue weighted by atomic mass is 10.1. The summed E-state index contributed by atoms with van der Waals surface area (Å²) in [5.74, 6) is 0.625. The molecule has 0 spiro atoms. The van der Waals surface area contributed by atoms with E-state index >= 15 is 0 Å². The number of anilines is 1. The number of hydrogen-bond acceptors (Lipinski definition) is 4. The van der Waals surface area contributed by atoms with Gasteiger partial charge in [-0.15, -0.1) is 5.10 Å². The van der Waals surface area contributed by atoms with Crippen LogP contribution in [0.5, 0.6) is 0 Å². The predicted octanol–water partition coefficient (Wildman–Crippen LogP) is 3.03. The van der Waals surface area contributed by atoms with Crippen LogP contribution in [0.15, 0.2) is 36.5 Å². The molecule has 0 radical (unpaired) electrons. The van der Waals surface area contributed by atoms with E-state index in [2.05, 4.69) is 20.4 Å². The first-order chi connectivity index (χ1) is 10.7. The second-order valence-electron chi connectivity index (χ2n) is 5.45. The fourth-order valence-electron chi connectivity index (χ4n) is 2.76. The van der Waals surface area contributed by atoms with Crippen molar-refractivity contribution in [3.63, 3.8) is 0 Å². The molecule has 1 aliphatic heterocycles. The highest BCUT2D eigenvalue weighted by Crippen LogP contribution is 2.20. The van der Waals surface area contributed by atoms with Crippen molar-refractivity contribution in [2.75, 3.05) is 18.0 Å². The van der Waals surface area contributed by atoms with Crippen molar-refractivity contribution in [1.82, 2.24) is 15.5 Å². The van der Waals surface area contributed by atoms with Gasteiger partial charge in [0.15, 0.2) is 5.82 Å². The third kappa shape index (κ3) is 3.54. The second kappa shape index (κ2) is 7.03. The van der Waals surface area contributed by atoms with Crippen molar-refractivity contribution in [3.05, 3.63) is 52.9 Å². The zero-order valence-corrected chi connectivity index (χ0v) is 12.9. The molecule has 1 saturated heterocycles. The fraction of sp³-hybridized carbons (Fsp3) is 0.375. The molecule has 6 heteroatoms. The van der Waals surface area contributed by atoms with Crippen LogP contribution >= 0.6 is 11.6 Å². The van der Waals surface area contributed by atoms with Crippen LogP contribution < -0.4 is 10.2 Å². The summed E-state index contributed by atoms with van der Waals surface area (Å²) in [4.78, 5) is 2.21. The zero-order valence-electron chi connectivity index (χ0n) is 12.2. The Morgan fingerprint density at radius 1 is 1.32 bits per heavy atom. The molecule has 1 unspecified atom stereocenters. The van der Waals surface area contributed by atoms with Crippen LogP contribution in [0, 0.1) is 5.82 Å². The Bertz CT molecular complexity index is 603. The second-order valence-corrected chi connectivity index (χ2v) is 5.86. The molecule has 0 bridgehead atoms. The number of nitrogens with one attached hydrogen (secondary N) is 1. The number of hydrogen-bond donors (Lipinski definition) is 1. The summed E-state index contributed by atoms with van der Waals surface area (Å²) in [6, 6.07) is 8.91. The van der Waals surface area contributed by atoms with Gasteiger partial charge in [0.05, 0.1) is 0 Å². The molecule has 1 fully saturated rings. The lowest BCUT2D eigenvalue weighted by Gasteiger charge is -2.33. The largest absolute Gasteiger partial charge is 0.354 e. The molecule has 116 valence electrons. The van der Waals surface area contributed by atoms with Gasteiger partial charge in [-0.05, 0) is 37.1 Å². The number of piperidine rings is 1. The molecule has 1 aromatic heterocycles. The van der Waals surface area contributed by atoms with E-state index in [-0.39, 0.29) is 11.9 Å². The fourth-order valence-corrected chi connectivity index (χ4v) is 2.99. The van der Waals surface area contributed by atoms with E-state index in [0.717, 1.165) is 31.7 Å². The first-order valence-corrected chi connectivity index (χ1v) is 7.81. The Labute approximate surface area is 134 Å². The molecule has 4 nitrogen and oxygen atoms in total. The van der Waals surface area contributed by atoms with Gasteiger partial charge in [0.1, 0.15) is 5.82 Å². The summed E-state index contributed by atoms with van der Waals surface area (Å²) in [6.07, 6.45) is 3.80. The summed E-state index contributed by atoms with van der Waals surface area (Å²) >= 11 is 6.06. The van der Waals surface area contributed by atoms with Crippen LogP contribution in [0.1, 0.15) is 18.4 Å². The molecule has 0 aliphatic carbocycles. The molecule has 1 N–H and O–H groups in total. The Balaban J connectivity index is 1.61. The van der Waals surface area contributed by atoms with Crippen LogP contribution in [0.4, 0.5) is 10.2 Å². The summed E-state index contributed by atoms with van der Waals surface area (Å²) in [5, 5.41) is 11.9. The van der Waals surface area contributed by atoms with Gasteiger partial charge in [-0.1, -0.05) is 17.7 Å². The van der Waals surface area contributed by atoms with Gasteiger partial charge in [0.25, 0.3) is 0 Å². The highest BCUT2D eigenvalue weighted by molar-refractivity contribution is 6.31. The van der Waals surface area contributed by atoms with Crippen molar-refractivity contribution in [1.29, 1.82) is 0 Å². The van der Waals surface area contributed by atoms with Crippen LogP contribution in [0.3, 0.4) is 0 Å². The zero-order chi connectivity index (χ0) is 15.4. The molecule has 1 aliphatic rings. The van der Waals surface area contributed by atoms with Gasteiger partial charge in [0.2, 0.25) is 0 Å². The van der Waals surface area contributed by atoms with E-state index in [1.807, 2.05) is 12.1 Å². The number of rotatable bonds is 4. The average molecular weight is 321 g/mol. The third-order valence-corrected chi connectivity index (χ3v) is 4.29. The number of nitrogens with zero attached hydrogens (tertiary/aromatic N) is 3. The minimum absolute atomic E-state index is 0.262. The van der Waals surface area contributed by atoms with Crippen LogP contribution in [-0.2, 0) is 6.54 Å². The molecular weight excluding hydrogens is 303 g/mol. The van der Waals surface area contributed by atoms with Gasteiger partial charge in [-0.3, -0.25) is 0 Å². The van der Waals surface area contributed by atoms with Gasteiger partial charge in [0, 0.05) is 42.5 Å². The number of aromatic nitrogens is 2. The van der Waals surface area contributed by atoms with E-state index in [9.17, 15) is 4.39 Å². The van der Waals surface area contributed by atoms with E-state index in [1.165, 1.54) is 6.07 Å². The normalized spacial score (nSPS) is 18.5. The van der Waals surface area contributed by atoms with Gasteiger partial charge >= 0.3 is 0 Å². The maximum Gasteiger partial charge on any atom is 0.151 e. The molecule has 0 amide bonds. The van der Waals surface area contributed by atoms with Crippen molar-refractivity contribution < 1.29 is 4.39 Å². The van der Waals surface area contributed by atoms with Crippen LogP contribution in [0.2, 0.25) is 5.02 Å². The SMILES string of the molecule is Fc1cccc(Cl)c1CNC1CCCN(c2cccnn2)C1. The molecule has 1 atom stereocenters. The summed E-state index contributed by atoms with van der Waals surface area (Å²) in [7, 11) is 0. The summed E-state index contributed by atoms with van der Waals surface area (Å²) in [6.45, 7) is 2.24. The van der Waals surface area contributed by atoms with Crippen LogP contribution in [0.25, 0.3) is 0 Å². The predicted molar refractivity (Wildman–Crippen MR) is 85.5 cm³/mol. The minimum atomic E-state index is -0.262. The molecule has 1 aromatic carbocycles. The van der Waals surface area contributed by atoms with Gasteiger partial charge < -0.3 is 10.2 Å². The molecular formula is C16H18ClFN4. The van der Waals surface area contributed by atoms with Crippen molar-refractivity contribution >= 4 is 17.4 Å². The lowest BCUT2D eigenvalue weighted by Crippen LogP contribution is -2.46. The lowest BCUT2D eigenvalue weighted by molar-refractivity contribution is 0.416. The maximum absolute atomic E-state index is 13.8. The van der Waals surface area contributed by atoms with E-state index in [4.69, 9.17) is 11.6 Å². The average Bonchev–Trinajstić information content (AvgIpc) is 2.55. The Morgan fingerprint density at radius 3 is 3.00 bits per heavy atom. The van der Waals surface area contributed by atoms with E-state index in [0.29, 0.717) is 17.1 Å². The van der Waals surface area contributed by atoms with Crippen molar-refractivity contribution in [3.8, 4) is 0 Å². The smallest absolute Gasteiger partial charge is 0.151 e. The maximum atomic E-state index is 13.8. The molecule has 2 aromatic rings. The highest BCUT2D eigenvalue weighted by Gasteiger charge is 2.21. The first-order valence-electron chi connectivity index (χ1n) is 7.43. The first kappa shape index (κ1) is 15.2. The van der Waals surface area contributed by atoms with Gasteiger partial charge in [-0.2, -0.15) is 5.10 Å². The molecule has 22 heavy (non-hydrogen) atoms. The molecule has 0 saturated carbocycles. The third-order valence-electron chi connectivity index (χ3n) is 3.93. The standard InChI is InChI=1S/C16H18ClFN4/c17-14-5-1-6-15(18)13(14)10-19-12-4-3-9-22(11-12)16-7-2-8-20-21-16/h1-2,5-8,12,19H,3-4,9-11H2. The summed E-state index contributed by atoms with van der Waals surface area (Å²) in [5.41, 5.74) is 0.529. The topological polar surface area (TPSA) is 41.0 Å². The summed E-state index contributed by atoms with van der Waals surface area (Å²) < 4.78 is 13.8. The van der Waals surface area contributed by atoms with E-state index < -0.39 is 0 Å². The Hall–Kier alpha value is -1.72. The monoisotopic (exact) mass is 320 g/mol. The molecule has 2 heterocycles. The van der Waals surface area contributed by atoms with E-state index in [1.54, 1.807) is 18.3 Å². The minimum Gasteiger partial charge on any atom is -0.354 e. The molecule has 3 rings (SSSR count). The number of benzene rings is 1. The Morgan fingerprint density at radius 2 is 2.23 bits per heavy atom. The van der Waals surface area contributed by atoms with Crippen LogP contribution in [-0.4, -0.2) is 29.3 Å². The number of halogens is 2. The Kier molecular flexibility index (Phi) is 4.85. The van der Waals surface area contributed by atoms with Crippen molar-refractivity contribution in [2.45, 2.75) is 25.4 Å².